The molecule has 1 atom stereocenters. The molecule has 1 unspecified atom stereocenters. The Balaban J connectivity index is 5.15. The van der Waals surface area contributed by atoms with Crippen LogP contribution in [0, 0.1) is 5.41 Å². The SMILES string of the molecule is CCO[Si](OCC)(C(C)C)C(C)C(C)(C)C. The molecule has 0 aliphatic carbocycles. The Morgan fingerprint density at radius 2 is 1.31 bits per heavy atom. The molecule has 98 valence electrons. The van der Waals surface area contributed by atoms with Crippen molar-refractivity contribution in [2.24, 2.45) is 5.41 Å². The highest BCUT2D eigenvalue weighted by Crippen LogP contribution is 2.45. The van der Waals surface area contributed by atoms with E-state index in [4.69, 9.17) is 8.85 Å². The average Bonchev–Trinajstić information content (AvgIpc) is 2.14. The van der Waals surface area contributed by atoms with E-state index in [9.17, 15) is 0 Å². The van der Waals surface area contributed by atoms with Crippen molar-refractivity contribution in [3.63, 3.8) is 0 Å². The van der Waals surface area contributed by atoms with Gasteiger partial charge in [-0.1, -0.05) is 41.5 Å². The van der Waals surface area contributed by atoms with Crippen molar-refractivity contribution in [3.05, 3.63) is 0 Å². The van der Waals surface area contributed by atoms with E-state index in [1.165, 1.54) is 0 Å². The van der Waals surface area contributed by atoms with E-state index < -0.39 is 8.56 Å². The van der Waals surface area contributed by atoms with E-state index >= 15 is 0 Å². The molecule has 0 amide bonds. The van der Waals surface area contributed by atoms with Crippen LogP contribution in [0.15, 0.2) is 0 Å². The second-order valence-electron chi connectivity index (χ2n) is 5.83. The van der Waals surface area contributed by atoms with Gasteiger partial charge >= 0.3 is 8.56 Å². The molecule has 0 aliphatic heterocycles. The molecule has 3 heteroatoms. The van der Waals surface area contributed by atoms with Gasteiger partial charge in [-0.05, 0) is 24.8 Å². The van der Waals surface area contributed by atoms with Crippen molar-refractivity contribution < 1.29 is 8.85 Å². The maximum atomic E-state index is 6.14. The van der Waals surface area contributed by atoms with Crippen LogP contribution in [0.2, 0.25) is 11.1 Å². The summed E-state index contributed by atoms with van der Waals surface area (Å²) in [5.74, 6) is 0. The molecular weight excluding hydrogens is 216 g/mol. The molecule has 0 bridgehead atoms. The number of hydrogen-bond donors (Lipinski definition) is 0. The van der Waals surface area contributed by atoms with Crippen LogP contribution in [0.5, 0.6) is 0 Å². The van der Waals surface area contributed by atoms with Gasteiger partial charge < -0.3 is 8.85 Å². The summed E-state index contributed by atoms with van der Waals surface area (Å²) in [7, 11) is -2.11. The minimum absolute atomic E-state index is 0.237. The van der Waals surface area contributed by atoms with Crippen LogP contribution in [-0.2, 0) is 8.85 Å². The van der Waals surface area contributed by atoms with Gasteiger partial charge in [0.25, 0.3) is 0 Å². The summed E-state index contributed by atoms with van der Waals surface area (Å²) in [6.45, 7) is 19.2. The number of hydrogen-bond acceptors (Lipinski definition) is 2. The van der Waals surface area contributed by atoms with Gasteiger partial charge in [-0.25, -0.2) is 0 Å². The summed E-state index contributed by atoms with van der Waals surface area (Å²) in [5, 5.41) is 0. The summed E-state index contributed by atoms with van der Waals surface area (Å²) < 4.78 is 12.3. The average molecular weight is 246 g/mol. The largest absolute Gasteiger partial charge is 0.394 e. The van der Waals surface area contributed by atoms with Crippen LogP contribution in [-0.4, -0.2) is 21.8 Å². The summed E-state index contributed by atoms with van der Waals surface area (Å²) in [6.07, 6.45) is 0. The minimum Gasteiger partial charge on any atom is -0.394 e. The molecule has 0 aromatic heterocycles. The fourth-order valence-corrected chi connectivity index (χ4v) is 6.54. The second kappa shape index (κ2) is 6.17. The number of rotatable bonds is 6. The second-order valence-corrected chi connectivity index (χ2v) is 9.87. The van der Waals surface area contributed by atoms with E-state index in [0.717, 1.165) is 13.2 Å². The molecule has 0 N–H and O–H groups in total. The van der Waals surface area contributed by atoms with Gasteiger partial charge in [0.15, 0.2) is 0 Å². The third-order valence-corrected chi connectivity index (χ3v) is 8.61. The molecule has 2 nitrogen and oxygen atoms in total. The third-order valence-electron chi connectivity index (χ3n) is 3.45. The van der Waals surface area contributed by atoms with Crippen LogP contribution in [0.4, 0.5) is 0 Å². The lowest BCUT2D eigenvalue weighted by molar-refractivity contribution is 0.146. The van der Waals surface area contributed by atoms with Crippen molar-refractivity contribution >= 4 is 8.56 Å². The predicted octanol–water partition coefficient (Wildman–Crippen LogP) is 4.35. The van der Waals surface area contributed by atoms with Crippen molar-refractivity contribution in [3.8, 4) is 0 Å². The molecule has 0 aromatic carbocycles. The molecule has 0 heterocycles. The maximum Gasteiger partial charge on any atom is 0.344 e. The van der Waals surface area contributed by atoms with E-state index in [1.807, 2.05) is 0 Å². The Kier molecular flexibility index (Phi) is 6.23. The molecule has 0 rings (SSSR count). The van der Waals surface area contributed by atoms with Crippen LogP contribution in [0.25, 0.3) is 0 Å². The highest BCUT2D eigenvalue weighted by Gasteiger charge is 2.50. The molecular formula is C13H30O2Si. The highest BCUT2D eigenvalue weighted by atomic mass is 28.4. The fourth-order valence-electron chi connectivity index (χ4n) is 2.18. The lowest BCUT2D eigenvalue weighted by atomic mass is 9.93. The van der Waals surface area contributed by atoms with Gasteiger partial charge in [0.1, 0.15) is 0 Å². The fraction of sp³-hybridized carbons (Fsp3) is 1.00. The molecule has 0 spiro atoms. The lowest BCUT2D eigenvalue weighted by Crippen LogP contribution is -2.52. The van der Waals surface area contributed by atoms with Crippen molar-refractivity contribution in [2.45, 2.75) is 66.5 Å². The van der Waals surface area contributed by atoms with E-state index in [2.05, 4.69) is 55.4 Å². The highest BCUT2D eigenvalue weighted by molar-refractivity contribution is 6.70. The van der Waals surface area contributed by atoms with E-state index in [0.29, 0.717) is 11.1 Å². The van der Waals surface area contributed by atoms with Crippen LogP contribution in [0.3, 0.4) is 0 Å². The Morgan fingerprint density at radius 3 is 1.50 bits per heavy atom. The van der Waals surface area contributed by atoms with E-state index in [-0.39, 0.29) is 5.41 Å². The molecule has 16 heavy (non-hydrogen) atoms. The van der Waals surface area contributed by atoms with E-state index in [1.54, 1.807) is 0 Å². The molecule has 0 radical (unpaired) electrons. The quantitative estimate of drug-likeness (QED) is 0.649. The first-order valence-corrected chi connectivity index (χ1v) is 8.47. The molecule has 0 saturated heterocycles. The summed E-state index contributed by atoms with van der Waals surface area (Å²) in [5.41, 5.74) is 1.21. The van der Waals surface area contributed by atoms with Crippen LogP contribution in [0.1, 0.15) is 55.4 Å². The smallest absolute Gasteiger partial charge is 0.344 e. The van der Waals surface area contributed by atoms with Crippen molar-refractivity contribution in [1.82, 2.24) is 0 Å². The topological polar surface area (TPSA) is 18.5 Å². The first kappa shape index (κ1) is 16.1. The van der Waals surface area contributed by atoms with Gasteiger partial charge in [0, 0.05) is 18.8 Å². The molecule has 0 fully saturated rings. The first-order valence-electron chi connectivity index (χ1n) is 6.50. The summed E-state index contributed by atoms with van der Waals surface area (Å²) in [4.78, 5) is 0. The zero-order valence-electron chi connectivity index (χ0n) is 12.4. The maximum absolute atomic E-state index is 6.14. The minimum atomic E-state index is -2.11. The molecule has 0 saturated carbocycles. The Bertz CT molecular complexity index is 191. The Labute approximate surface area is 103 Å². The predicted molar refractivity (Wildman–Crippen MR) is 73.0 cm³/mol. The Morgan fingerprint density at radius 1 is 0.938 bits per heavy atom. The molecule has 0 aliphatic rings. The summed E-state index contributed by atoms with van der Waals surface area (Å²) >= 11 is 0. The summed E-state index contributed by atoms with van der Waals surface area (Å²) in [6, 6.07) is 0. The zero-order valence-corrected chi connectivity index (χ0v) is 13.4. The Hall–Kier alpha value is 0.137. The van der Waals surface area contributed by atoms with Crippen LogP contribution < -0.4 is 0 Å². The van der Waals surface area contributed by atoms with Gasteiger partial charge in [0.05, 0.1) is 0 Å². The normalized spacial score (nSPS) is 15.6. The van der Waals surface area contributed by atoms with Gasteiger partial charge in [-0.15, -0.1) is 0 Å². The van der Waals surface area contributed by atoms with Gasteiger partial charge in [-0.3, -0.25) is 0 Å². The monoisotopic (exact) mass is 246 g/mol. The third kappa shape index (κ3) is 3.57. The van der Waals surface area contributed by atoms with Crippen LogP contribution >= 0.6 is 0 Å². The zero-order chi connectivity index (χ0) is 13.0. The van der Waals surface area contributed by atoms with Gasteiger partial charge in [-0.2, -0.15) is 0 Å². The van der Waals surface area contributed by atoms with Gasteiger partial charge in [0.2, 0.25) is 0 Å². The standard InChI is InChI=1S/C13H30O2Si/c1-9-14-16(11(3)4,15-10-2)12(5)13(6,7)8/h11-12H,9-10H2,1-8H3. The first-order chi connectivity index (χ1) is 7.22. The lowest BCUT2D eigenvalue weighted by Gasteiger charge is -2.44. The molecule has 0 aromatic rings. The van der Waals surface area contributed by atoms with Crippen molar-refractivity contribution in [1.29, 1.82) is 0 Å². The van der Waals surface area contributed by atoms with Crippen molar-refractivity contribution in [2.75, 3.05) is 13.2 Å².